The van der Waals surface area contributed by atoms with Crippen LogP contribution < -0.4 is 19.5 Å². The molecule has 0 radical (unpaired) electrons. The van der Waals surface area contributed by atoms with Crippen molar-refractivity contribution in [2.75, 3.05) is 41.0 Å². The van der Waals surface area contributed by atoms with Crippen molar-refractivity contribution in [2.24, 2.45) is 5.92 Å². The summed E-state index contributed by atoms with van der Waals surface area (Å²) in [5.41, 5.74) is 0.881. The van der Waals surface area contributed by atoms with E-state index in [1.165, 1.54) is 11.3 Å². The molecule has 1 N–H and O–H groups in total. The van der Waals surface area contributed by atoms with E-state index >= 15 is 0 Å². The van der Waals surface area contributed by atoms with E-state index in [2.05, 4.69) is 12.2 Å². The number of thiophene rings is 1. The Hall–Kier alpha value is -2.74. The Morgan fingerprint density at radius 1 is 1.13 bits per heavy atom. The van der Waals surface area contributed by atoms with E-state index < -0.39 is 0 Å². The molecular formula is C23H30N2O5S. The standard InChI is InChI=1S/C23H30N2O5S/c1-5-6-9-24-22(26)17-14-25(23(27)20-8-7-10-31-20)13-16(17)15-11-18(28-2)21(30-4)19(12-15)29-3/h7-8,10-12,16-17H,5-6,9,13-14H2,1-4H3,(H,24,26)/t16-,17-/m0/s1. The van der Waals surface area contributed by atoms with Crippen molar-refractivity contribution in [1.82, 2.24) is 10.2 Å². The minimum atomic E-state index is -0.358. The SMILES string of the molecule is CCCCNC(=O)[C@H]1CN(C(=O)c2cccs2)C[C@H]1c1cc(OC)c(OC)c(OC)c1. The molecule has 0 bridgehead atoms. The molecule has 3 rings (SSSR count). The molecule has 0 aliphatic carbocycles. The molecule has 2 atom stereocenters. The third-order valence-corrected chi connectivity index (χ3v) is 6.48. The first-order valence-corrected chi connectivity index (χ1v) is 11.3. The number of carbonyl (C=O) groups excluding carboxylic acids is 2. The van der Waals surface area contributed by atoms with Crippen molar-refractivity contribution in [2.45, 2.75) is 25.7 Å². The number of benzene rings is 1. The van der Waals surface area contributed by atoms with Gasteiger partial charge in [-0.1, -0.05) is 19.4 Å². The summed E-state index contributed by atoms with van der Waals surface area (Å²) in [5, 5.41) is 4.92. The molecule has 7 nitrogen and oxygen atoms in total. The zero-order valence-corrected chi connectivity index (χ0v) is 19.3. The van der Waals surface area contributed by atoms with Crippen LogP contribution in [0.3, 0.4) is 0 Å². The molecule has 1 aliphatic rings. The van der Waals surface area contributed by atoms with Gasteiger partial charge in [0.1, 0.15) is 0 Å². The Kier molecular flexibility index (Phi) is 7.79. The topological polar surface area (TPSA) is 77.1 Å². The summed E-state index contributed by atoms with van der Waals surface area (Å²) in [4.78, 5) is 28.5. The second kappa shape index (κ2) is 10.5. The fourth-order valence-electron chi connectivity index (χ4n) is 3.96. The lowest BCUT2D eigenvalue weighted by molar-refractivity contribution is -0.124. The van der Waals surface area contributed by atoms with Crippen LogP contribution in [0, 0.1) is 5.92 Å². The molecule has 0 spiro atoms. The largest absolute Gasteiger partial charge is 0.493 e. The molecule has 8 heteroatoms. The van der Waals surface area contributed by atoms with Gasteiger partial charge in [-0.25, -0.2) is 0 Å². The second-order valence-electron chi connectivity index (χ2n) is 7.50. The summed E-state index contributed by atoms with van der Waals surface area (Å²) in [6, 6.07) is 7.42. The fraction of sp³-hybridized carbons (Fsp3) is 0.478. The molecule has 1 aliphatic heterocycles. The number of nitrogens with one attached hydrogen (secondary N) is 1. The molecule has 1 fully saturated rings. The predicted molar refractivity (Wildman–Crippen MR) is 120 cm³/mol. The van der Waals surface area contributed by atoms with Gasteiger partial charge in [-0.05, 0) is 35.6 Å². The van der Waals surface area contributed by atoms with Crippen LogP contribution in [0.5, 0.6) is 17.2 Å². The first-order chi connectivity index (χ1) is 15.0. The van der Waals surface area contributed by atoms with E-state index in [1.807, 2.05) is 29.6 Å². The van der Waals surface area contributed by atoms with Crippen LogP contribution in [-0.2, 0) is 4.79 Å². The second-order valence-corrected chi connectivity index (χ2v) is 8.45. The molecule has 0 saturated carbocycles. The van der Waals surface area contributed by atoms with Crippen molar-refractivity contribution < 1.29 is 23.8 Å². The number of hydrogen-bond acceptors (Lipinski definition) is 6. The first-order valence-electron chi connectivity index (χ1n) is 10.4. The van der Waals surface area contributed by atoms with Crippen LogP contribution in [0.25, 0.3) is 0 Å². The van der Waals surface area contributed by atoms with E-state index in [1.54, 1.807) is 26.2 Å². The van der Waals surface area contributed by atoms with E-state index in [4.69, 9.17) is 14.2 Å². The number of nitrogens with zero attached hydrogens (tertiary/aromatic N) is 1. The Morgan fingerprint density at radius 3 is 2.39 bits per heavy atom. The van der Waals surface area contributed by atoms with Crippen molar-refractivity contribution in [1.29, 1.82) is 0 Å². The normalized spacial score (nSPS) is 18.0. The number of likely N-dealkylation sites (tertiary alicyclic amines) is 1. The molecule has 1 saturated heterocycles. The maximum Gasteiger partial charge on any atom is 0.263 e. The Bertz CT molecular complexity index is 874. The van der Waals surface area contributed by atoms with E-state index in [-0.39, 0.29) is 23.7 Å². The van der Waals surface area contributed by atoms with Gasteiger partial charge in [-0.3, -0.25) is 9.59 Å². The molecule has 168 valence electrons. The van der Waals surface area contributed by atoms with Crippen molar-refractivity contribution in [3.63, 3.8) is 0 Å². The highest BCUT2D eigenvalue weighted by molar-refractivity contribution is 7.12. The number of methoxy groups -OCH3 is 3. The van der Waals surface area contributed by atoms with Crippen LogP contribution in [0.4, 0.5) is 0 Å². The molecule has 0 unspecified atom stereocenters. The Morgan fingerprint density at radius 2 is 1.84 bits per heavy atom. The van der Waals surface area contributed by atoms with Crippen molar-refractivity contribution >= 4 is 23.2 Å². The monoisotopic (exact) mass is 446 g/mol. The average molecular weight is 447 g/mol. The van der Waals surface area contributed by atoms with Gasteiger partial charge in [-0.2, -0.15) is 0 Å². The van der Waals surface area contributed by atoms with Crippen molar-refractivity contribution in [3.8, 4) is 17.2 Å². The highest BCUT2D eigenvalue weighted by Gasteiger charge is 2.41. The maximum absolute atomic E-state index is 13.1. The van der Waals surface area contributed by atoms with Crippen LogP contribution >= 0.6 is 11.3 Å². The van der Waals surface area contributed by atoms with Gasteiger partial charge >= 0.3 is 0 Å². The average Bonchev–Trinajstić information content (AvgIpc) is 3.48. The predicted octanol–water partition coefficient (Wildman–Crippen LogP) is 3.55. The van der Waals surface area contributed by atoms with E-state index in [9.17, 15) is 9.59 Å². The third kappa shape index (κ3) is 4.95. The zero-order chi connectivity index (χ0) is 22.4. The van der Waals surface area contributed by atoms with Crippen LogP contribution in [-0.4, -0.2) is 57.7 Å². The van der Waals surface area contributed by atoms with Crippen LogP contribution in [0.15, 0.2) is 29.6 Å². The van der Waals surface area contributed by atoms with Gasteiger partial charge in [0.15, 0.2) is 11.5 Å². The van der Waals surface area contributed by atoms with E-state index in [0.29, 0.717) is 41.8 Å². The summed E-state index contributed by atoms with van der Waals surface area (Å²) in [6.45, 7) is 3.53. The van der Waals surface area contributed by atoms with Gasteiger partial charge in [0.25, 0.3) is 5.91 Å². The van der Waals surface area contributed by atoms with Crippen LogP contribution in [0.1, 0.15) is 40.9 Å². The zero-order valence-electron chi connectivity index (χ0n) is 18.5. The van der Waals surface area contributed by atoms with Crippen LogP contribution in [0.2, 0.25) is 0 Å². The number of carbonyl (C=O) groups is 2. The number of rotatable bonds is 9. The molecule has 2 heterocycles. The summed E-state index contributed by atoms with van der Waals surface area (Å²) in [7, 11) is 4.69. The quantitative estimate of drug-likeness (QED) is 0.596. The molecule has 2 aromatic rings. The number of hydrogen-bond donors (Lipinski definition) is 1. The molecule has 2 amide bonds. The lowest BCUT2D eigenvalue weighted by Gasteiger charge is -2.21. The summed E-state index contributed by atoms with van der Waals surface area (Å²) < 4.78 is 16.4. The summed E-state index contributed by atoms with van der Waals surface area (Å²) in [6.07, 6.45) is 1.93. The van der Waals surface area contributed by atoms with Gasteiger partial charge in [0.05, 0.1) is 32.1 Å². The lowest BCUT2D eigenvalue weighted by atomic mass is 9.88. The highest BCUT2D eigenvalue weighted by atomic mass is 32.1. The highest BCUT2D eigenvalue weighted by Crippen LogP contribution is 2.43. The van der Waals surface area contributed by atoms with Crippen molar-refractivity contribution in [3.05, 3.63) is 40.1 Å². The molecule has 1 aromatic heterocycles. The number of ether oxygens (including phenoxy) is 3. The number of unbranched alkanes of at least 4 members (excludes halogenated alkanes) is 1. The fourth-order valence-corrected chi connectivity index (χ4v) is 4.65. The smallest absolute Gasteiger partial charge is 0.263 e. The van der Waals surface area contributed by atoms with Gasteiger partial charge in [0, 0.05) is 25.6 Å². The molecule has 31 heavy (non-hydrogen) atoms. The minimum absolute atomic E-state index is 0.0336. The Balaban J connectivity index is 1.94. The Labute approximate surface area is 187 Å². The summed E-state index contributed by atoms with van der Waals surface area (Å²) in [5.74, 6) is 0.949. The molecule has 1 aromatic carbocycles. The third-order valence-electron chi connectivity index (χ3n) is 5.62. The maximum atomic E-state index is 13.1. The lowest BCUT2D eigenvalue weighted by Crippen LogP contribution is -2.36. The minimum Gasteiger partial charge on any atom is -0.493 e. The van der Waals surface area contributed by atoms with Gasteiger partial charge < -0.3 is 24.4 Å². The summed E-state index contributed by atoms with van der Waals surface area (Å²) >= 11 is 1.41. The van der Waals surface area contributed by atoms with E-state index in [0.717, 1.165) is 18.4 Å². The van der Waals surface area contributed by atoms with Gasteiger partial charge in [0.2, 0.25) is 11.7 Å². The number of amides is 2. The first kappa shape index (κ1) is 22.9. The van der Waals surface area contributed by atoms with Gasteiger partial charge in [-0.15, -0.1) is 11.3 Å². The molecular weight excluding hydrogens is 416 g/mol.